The molecule has 0 N–H and O–H groups in total. The number of likely N-dealkylation sites (tertiary alicyclic amines) is 1. The van der Waals surface area contributed by atoms with Crippen LogP contribution in [0.5, 0.6) is 5.75 Å². The van der Waals surface area contributed by atoms with Gasteiger partial charge in [0.25, 0.3) is 0 Å². The molecule has 0 unspecified atom stereocenters. The summed E-state index contributed by atoms with van der Waals surface area (Å²) in [4.78, 5) is 14.2. The fourth-order valence-electron chi connectivity index (χ4n) is 2.62. The van der Waals surface area contributed by atoms with Gasteiger partial charge in [0.2, 0.25) is 5.91 Å². The van der Waals surface area contributed by atoms with Crippen molar-refractivity contribution in [2.24, 2.45) is 0 Å². The van der Waals surface area contributed by atoms with Crippen LogP contribution in [0.3, 0.4) is 0 Å². The molecule has 0 aromatic heterocycles. The van der Waals surface area contributed by atoms with Gasteiger partial charge in [0.05, 0.1) is 13.5 Å². The van der Waals surface area contributed by atoms with Crippen LogP contribution in [0.25, 0.3) is 0 Å². The van der Waals surface area contributed by atoms with Gasteiger partial charge in [-0.3, -0.25) is 4.79 Å². The average Bonchev–Trinajstić information content (AvgIpc) is 2.55. The molecule has 0 atom stereocenters. The van der Waals surface area contributed by atoms with E-state index in [1.807, 2.05) is 29.2 Å². The maximum atomic E-state index is 12.3. The molecule has 5 heteroatoms. The molecular weight excluding hydrogens is 270 g/mol. The Morgan fingerprint density at radius 2 is 1.67 bits per heavy atom. The first-order valence-electron chi connectivity index (χ1n) is 7.13. The van der Waals surface area contributed by atoms with Crippen LogP contribution in [0.15, 0.2) is 24.3 Å². The molecule has 0 spiro atoms. The van der Waals surface area contributed by atoms with E-state index in [0.29, 0.717) is 32.4 Å². The minimum absolute atomic E-state index is 0.140. The van der Waals surface area contributed by atoms with Crippen LogP contribution >= 0.6 is 0 Å². The van der Waals surface area contributed by atoms with E-state index < -0.39 is 5.79 Å². The number of benzene rings is 1. The second kappa shape index (κ2) is 6.91. The minimum atomic E-state index is -0.531. The second-order valence-corrected chi connectivity index (χ2v) is 5.22. The molecule has 1 aliphatic rings. The highest BCUT2D eigenvalue weighted by Gasteiger charge is 2.35. The monoisotopic (exact) mass is 293 g/mol. The summed E-state index contributed by atoms with van der Waals surface area (Å²) in [6, 6.07) is 7.60. The van der Waals surface area contributed by atoms with E-state index in [4.69, 9.17) is 14.2 Å². The molecule has 0 radical (unpaired) electrons. The molecular formula is C16H23NO4. The van der Waals surface area contributed by atoms with Crippen LogP contribution in [-0.2, 0) is 20.7 Å². The molecule has 1 aromatic carbocycles. The van der Waals surface area contributed by atoms with Gasteiger partial charge in [-0.05, 0) is 17.7 Å². The first-order chi connectivity index (χ1) is 10.1. The lowest BCUT2D eigenvalue weighted by atomic mass is 10.0. The predicted octanol–water partition coefficient (Wildman–Crippen LogP) is 1.85. The highest BCUT2D eigenvalue weighted by Crippen LogP contribution is 2.26. The van der Waals surface area contributed by atoms with Crippen molar-refractivity contribution < 1.29 is 19.0 Å². The molecule has 0 saturated carbocycles. The zero-order valence-electron chi connectivity index (χ0n) is 12.9. The lowest BCUT2D eigenvalue weighted by molar-refractivity contribution is -0.228. The van der Waals surface area contributed by atoms with Crippen molar-refractivity contribution in [3.8, 4) is 5.75 Å². The van der Waals surface area contributed by atoms with Gasteiger partial charge in [-0.25, -0.2) is 0 Å². The number of hydrogen-bond donors (Lipinski definition) is 0. The molecule has 1 heterocycles. The molecule has 0 bridgehead atoms. The Morgan fingerprint density at radius 1 is 1.10 bits per heavy atom. The van der Waals surface area contributed by atoms with Crippen molar-refractivity contribution in [1.82, 2.24) is 4.90 Å². The molecule has 1 aliphatic heterocycles. The summed E-state index contributed by atoms with van der Waals surface area (Å²) in [5, 5.41) is 0. The Bertz CT molecular complexity index is 458. The van der Waals surface area contributed by atoms with E-state index in [1.54, 1.807) is 21.3 Å². The number of methoxy groups -OCH3 is 3. The van der Waals surface area contributed by atoms with Crippen molar-refractivity contribution in [2.75, 3.05) is 34.4 Å². The fraction of sp³-hybridized carbons (Fsp3) is 0.562. The lowest BCUT2D eigenvalue weighted by Crippen LogP contribution is -2.49. The Morgan fingerprint density at radius 3 is 2.14 bits per heavy atom. The summed E-state index contributed by atoms with van der Waals surface area (Å²) in [6.45, 7) is 1.33. The number of carbonyl (C=O) groups excluding carboxylic acids is 1. The Hall–Kier alpha value is -1.59. The average molecular weight is 293 g/mol. The van der Waals surface area contributed by atoms with Crippen molar-refractivity contribution in [3.63, 3.8) is 0 Å². The van der Waals surface area contributed by atoms with Gasteiger partial charge in [-0.15, -0.1) is 0 Å². The first-order valence-corrected chi connectivity index (χ1v) is 7.13. The summed E-state index contributed by atoms with van der Waals surface area (Å²) >= 11 is 0. The van der Waals surface area contributed by atoms with Crippen LogP contribution in [0.4, 0.5) is 0 Å². The quantitative estimate of drug-likeness (QED) is 0.777. The van der Waals surface area contributed by atoms with Crippen LogP contribution in [0, 0.1) is 0 Å². The summed E-state index contributed by atoms with van der Waals surface area (Å²) in [7, 11) is 4.93. The van der Waals surface area contributed by atoms with Crippen LogP contribution < -0.4 is 4.74 Å². The summed E-state index contributed by atoms with van der Waals surface area (Å²) < 4.78 is 16.0. The third-order valence-corrected chi connectivity index (χ3v) is 4.14. The lowest BCUT2D eigenvalue weighted by Gasteiger charge is -2.39. The van der Waals surface area contributed by atoms with Gasteiger partial charge in [-0.2, -0.15) is 0 Å². The zero-order valence-corrected chi connectivity index (χ0v) is 12.9. The second-order valence-electron chi connectivity index (χ2n) is 5.22. The molecule has 116 valence electrons. The van der Waals surface area contributed by atoms with Gasteiger partial charge < -0.3 is 19.1 Å². The number of amides is 1. The molecule has 2 rings (SSSR count). The minimum Gasteiger partial charge on any atom is -0.497 e. The first kappa shape index (κ1) is 15.8. The van der Waals surface area contributed by atoms with Crippen molar-refractivity contribution >= 4 is 5.91 Å². The van der Waals surface area contributed by atoms with E-state index in [2.05, 4.69) is 0 Å². The number of carbonyl (C=O) groups is 1. The highest BCUT2D eigenvalue weighted by molar-refractivity contribution is 5.78. The van der Waals surface area contributed by atoms with E-state index in [-0.39, 0.29) is 5.91 Å². The van der Waals surface area contributed by atoms with Crippen LogP contribution in [0.1, 0.15) is 18.4 Å². The van der Waals surface area contributed by atoms with E-state index >= 15 is 0 Å². The van der Waals surface area contributed by atoms with Gasteiger partial charge in [0.1, 0.15) is 5.75 Å². The van der Waals surface area contributed by atoms with E-state index in [1.165, 1.54) is 0 Å². The summed E-state index contributed by atoms with van der Waals surface area (Å²) in [5.74, 6) is 0.409. The topological polar surface area (TPSA) is 48.0 Å². The molecule has 1 aromatic rings. The number of piperidine rings is 1. The third kappa shape index (κ3) is 3.74. The summed E-state index contributed by atoms with van der Waals surface area (Å²) in [5.41, 5.74) is 0.996. The van der Waals surface area contributed by atoms with Gasteiger partial charge in [0.15, 0.2) is 5.79 Å². The zero-order chi connectivity index (χ0) is 15.3. The number of hydrogen-bond acceptors (Lipinski definition) is 4. The predicted molar refractivity (Wildman–Crippen MR) is 79.3 cm³/mol. The highest BCUT2D eigenvalue weighted by atomic mass is 16.7. The standard InChI is InChI=1S/C16H23NO4/c1-19-14-6-4-13(5-7-14)12-15(18)17-10-8-16(20-2,21-3)9-11-17/h4-7H,8-12H2,1-3H3. The van der Waals surface area contributed by atoms with Crippen molar-refractivity contribution in [1.29, 1.82) is 0 Å². The Balaban J connectivity index is 1.89. The Kier molecular flexibility index (Phi) is 5.20. The van der Waals surface area contributed by atoms with Crippen molar-refractivity contribution in [3.05, 3.63) is 29.8 Å². The smallest absolute Gasteiger partial charge is 0.226 e. The van der Waals surface area contributed by atoms with Crippen molar-refractivity contribution in [2.45, 2.75) is 25.0 Å². The molecule has 21 heavy (non-hydrogen) atoms. The van der Waals surface area contributed by atoms with Crippen LogP contribution in [0.2, 0.25) is 0 Å². The molecule has 1 saturated heterocycles. The van der Waals surface area contributed by atoms with Gasteiger partial charge >= 0.3 is 0 Å². The largest absolute Gasteiger partial charge is 0.497 e. The van der Waals surface area contributed by atoms with Crippen LogP contribution in [-0.4, -0.2) is 51.0 Å². The SMILES string of the molecule is COc1ccc(CC(=O)N2CCC(OC)(OC)CC2)cc1. The maximum absolute atomic E-state index is 12.3. The normalized spacial score (nSPS) is 17.6. The van der Waals surface area contributed by atoms with Gasteiger partial charge in [-0.1, -0.05) is 12.1 Å². The summed E-state index contributed by atoms with van der Waals surface area (Å²) in [6.07, 6.45) is 1.82. The number of rotatable bonds is 5. The molecule has 1 amide bonds. The molecule has 0 aliphatic carbocycles. The molecule has 1 fully saturated rings. The van der Waals surface area contributed by atoms with E-state index in [0.717, 1.165) is 11.3 Å². The number of nitrogens with zero attached hydrogens (tertiary/aromatic N) is 1. The van der Waals surface area contributed by atoms with Gasteiger partial charge in [0, 0.05) is 40.2 Å². The molecule has 5 nitrogen and oxygen atoms in total. The third-order valence-electron chi connectivity index (χ3n) is 4.14. The maximum Gasteiger partial charge on any atom is 0.226 e. The Labute approximate surface area is 125 Å². The fourth-order valence-corrected chi connectivity index (χ4v) is 2.62. The number of ether oxygens (including phenoxy) is 3. The van der Waals surface area contributed by atoms with E-state index in [9.17, 15) is 4.79 Å².